The molecule has 1 atom stereocenters. The van der Waals surface area contributed by atoms with Gasteiger partial charge in [0.1, 0.15) is 5.60 Å². The molecule has 0 radical (unpaired) electrons. The van der Waals surface area contributed by atoms with Crippen LogP contribution in [-0.4, -0.2) is 23.1 Å². The predicted octanol–water partition coefficient (Wildman–Crippen LogP) is 4.76. The number of hydrogen-bond acceptors (Lipinski definition) is 2. The average molecular weight is 343 g/mol. The van der Waals surface area contributed by atoms with Crippen LogP contribution in [0.5, 0.6) is 0 Å². The second kappa shape index (κ2) is 7.45. The second-order valence-corrected chi connectivity index (χ2v) is 7.05. The molecule has 0 amide bonds. The lowest BCUT2D eigenvalue weighted by Gasteiger charge is -2.42. The summed E-state index contributed by atoms with van der Waals surface area (Å²) in [5.41, 5.74) is 1.93. The van der Waals surface area contributed by atoms with E-state index < -0.39 is 5.60 Å². The standard InChI is InChI=1S/C24H25NO/c26-24(21-14-6-2-7-15-21,22-16-8-3-9-17-22)23(25-18-10-11-19-25)20-12-4-1-5-13-20/h1-9,12-17,23,26H,10-11,18-19H2/t23-/m0/s1. The number of likely N-dealkylation sites (tertiary alicyclic amines) is 1. The Morgan fingerprint density at radius 1 is 0.654 bits per heavy atom. The van der Waals surface area contributed by atoms with E-state index in [2.05, 4.69) is 29.2 Å². The Labute approximate surface area is 155 Å². The third-order valence-corrected chi connectivity index (χ3v) is 5.44. The van der Waals surface area contributed by atoms with Crippen molar-refractivity contribution in [3.63, 3.8) is 0 Å². The van der Waals surface area contributed by atoms with E-state index in [9.17, 15) is 5.11 Å². The lowest BCUT2D eigenvalue weighted by Crippen LogP contribution is -2.44. The quantitative estimate of drug-likeness (QED) is 0.722. The van der Waals surface area contributed by atoms with Crippen molar-refractivity contribution in [1.29, 1.82) is 0 Å². The maximum Gasteiger partial charge on any atom is 0.134 e. The Bertz CT molecular complexity index is 771. The molecule has 0 spiro atoms. The molecule has 132 valence electrons. The fourth-order valence-corrected chi connectivity index (χ4v) is 4.22. The van der Waals surface area contributed by atoms with E-state index >= 15 is 0 Å². The van der Waals surface area contributed by atoms with Crippen LogP contribution in [-0.2, 0) is 5.60 Å². The molecule has 0 aliphatic carbocycles. The Hall–Kier alpha value is -2.42. The zero-order valence-corrected chi connectivity index (χ0v) is 15.0. The van der Waals surface area contributed by atoms with Crippen LogP contribution in [0.3, 0.4) is 0 Å². The first-order valence-electron chi connectivity index (χ1n) is 9.42. The van der Waals surface area contributed by atoms with Gasteiger partial charge in [-0.3, -0.25) is 4.90 Å². The zero-order valence-electron chi connectivity index (χ0n) is 15.0. The summed E-state index contributed by atoms with van der Waals surface area (Å²) < 4.78 is 0. The van der Waals surface area contributed by atoms with Crippen LogP contribution in [0.1, 0.15) is 35.6 Å². The van der Waals surface area contributed by atoms with Gasteiger partial charge < -0.3 is 5.11 Å². The lowest BCUT2D eigenvalue weighted by molar-refractivity contribution is -0.0147. The van der Waals surface area contributed by atoms with E-state index in [-0.39, 0.29) is 6.04 Å². The zero-order chi connectivity index (χ0) is 17.8. The first-order valence-corrected chi connectivity index (χ1v) is 9.42. The number of hydrogen-bond donors (Lipinski definition) is 1. The summed E-state index contributed by atoms with van der Waals surface area (Å²) in [5, 5.41) is 12.3. The summed E-state index contributed by atoms with van der Waals surface area (Å²) >= 11 is 0. The molecule has 26 heavy (non-hydrogen) atoms. The molecule has 1 N–H and O–H groups in total. The van der Waals surface area contributed by atoms with E-state index in [0.717, 1.165) is 29.8 Å². The van der Waals surface area contributed by atoms with E-state index in [1.165, 1.54) is 12.8 Å². The SMILES string of the molecule is OC(c1ccccc1)(c1ccccc1)[C@H](c1ccccc1)N1CCCC1. The normalized spacial score (nSPS) is 16.5. The molecule has 4 rings (SSSR count). The van der Waals surface area contributed by atoms with Crippen molar-refractivity contribution in [2.75, 3.05) is 13.1 Å². The van der Waals surface area contributed by atoms with Crippen LogP contribution in [0.2, 0.25) is 0 Å². The van der Waals surface area contributed by atoms with Crippen molar-refractivity contribution in [3.8, 4) is 0 Å². The summed E-state index contributed by atoms with van der Waals surface area (Å²) in [6.07, 6.45) is 2.37. The Kier molecular flexibility index (Phi) is 4.87. The van der Waals surface area contributed by atoms with Gasteiger partial charge in [0, 0.05) is 0 Å². The monoisotopic (exact) mass is 343 g/mol. The third kappa shape index (κ3) is 3.07. The van der Waals surface area contributed by atoms with Crippen molar-refractivity contribution < 1.29 is 5.11 Å². The predicted molar refractivity (Wildman–Crippen MR) is 106 cm³/mol. The maximum absolute atomic E-state index is 12.3. The van der Waals surface area contributed by atoms with Crippen LogP contribution < -0.4 is 0 Å². The van der Waals surface area contributed by atoms with Crippen molar-refractivity contribution >= 4 is 0 Å². The molecular weight excluding hydrogens is 318 g/mol. The molecular formula is C24H25NO. The van der Waals surface area contributed by atoms with Gasteiger partial charge in [-0.2, -0.15) is 0 Å². The van der Waals surface area contributed by atoms with Crippen molar-refractivity contribution in [3.05, 3.63) is 108 Å². The highest BCUT2D eigenvalue weighted by molar-refractivity contribution is 5.41. The molecule has 0 saturated carbocycles. The molecule has 1 heterocycles. The maximum atomic E-state index is 12.3. The van der Waals surface area contributed by atoms with Gasteiger partial charge in [0.25, 0.3) is 0 Å². The van der Waals surface area contributed by atoms with Crippen LogP contribution in [0.15, 0.2) is 91.0 Å². The van der Waals surface area contributed by atoms with E-state index in [4.69, 9.17) is 0 Å². The smallest absolute Gasteiger partial charge is 0.134 e. The molecule has 2 heteroatoms. The van der Waals surface area contributed by atoms with Crippen molar-refractivity contribution in [2.24, 2.45) is 0 Å². The minimum atomic E-state index is -1.10. The van der Waals surface area contributed by atoms with Gasteiger partial charge in [-0.25, -0.2) is 0 Å². The highest BCUT2D eigenvalue weighted by Gasteiger charge is 2.44. The van der Waals surface area contributed by atoms with Crippen LogP contribution in [0.4, 0.5) is 0 Å². The third-order valence-electron chi connectivity index (χ3n) is 5.44. The number of nitrogens with zero attached hydrogens (tertiary/aromatic N) is 1. The molecule has 2 nitrogen and oxygen atoms in total. The first-order chi connectivity index (χ1) is 12.8. The largest absolute Gasteiger partial charge is 0.378 e. The van der Waals surface area contributed by atoms with Gasteiger partial charge in [0.15, 0.2) is 0 Å². The van der Waals surface area contributed by atoms with Gasteiger partial charge in [-0.05, 0) is 42.6 Å². The summed E-state index contributed by atoms with van der Waals surface area (Å²) in [7, 11) is 0. The fraction of sp³-hybridized carbons (Fsp3) is 0.250. The molecule has 1 saturated heterocycles. The highest BCUT2D eigenvalue weighted by Crippen LogP contribution is 2.45. The summed E-state index contributed by atoms with van der Waals surface area (Å²) in [4.78, 5) is 2.44. The number of benzene rings is 3. The summed E-state index contributed by atoms with van der Waals surface area (Å²) in [5.74, 6) is 0. The van der Waals surface area contributed by atoms with Gasteiger partial charge >= 0.3 is 0 Å². The summed E-state index contributed by atoms with van der Waals surface area (Å²) in [6, 6.07) is 30.5. The topological polar surface area (TPSA) is 23.5 Å². The lowest BCUT2D eigenvalue weighted by atomic mass is 9.76. The van der Waals surface area contributed by atoms with Crippen LogP contribution >= 0.6 is 0 Å². The first kappa shape index (κ1) is 17.0. The number of aliphatic hydroxyl groups is 1. The van der Waals surface area contributed by atoms with Gasteiger partial charge in [0.2, 0.25) is 0 Å². The second-order valence-electron chi connectivity index (χ2n) is 7.05. The van der Waals surface area contributed by atoms with E-state index in [1.54, 1.807) is 0 Å². The van der Waals surface area contributed by atoms with Gasteiger partial charge in [0.05, 0.1) is 6.04 Å². The minimum absolute atomic E-state index is 0.115. The van der Waals surface area contributed by atoms with E-state index in [0.29, 0.717) is 0 Å². The molecule has 1 fully saturated rings. The van der Waals surface area contributed by atoms with Crippen molar-refractivity contribution in [2.45, 2.75) is 24.5 Å². The molecule has 3 aromatic carbocycles. The average Bonchev–Trinajstić information content (AvgIpc) is 3.24. The van der Waals surface area contributed by atoms with E-state index in [1.807, 2.05) is 66.7 Å². The van der Waals surface area contributed by atoms with Crippen LogP contribution in [0, 0.1) is 0 Å². The molecule has 0 aromatic heterocycles. The molecule has 1 aliphatic rings. The fourth-order valence-electron chi connectivity index (χ4n) is 4.22. The Balaban J connectivity index is 1.93. The summed E-state index contributed by atoms with van der Waals surface area (Å²) in [6.45, 7) is 2.03. The van der Waals surface area contributed by atoms with Gasteiger partial charge in [-0.1, -0.05) is 91.0 Å². The molecule has 3 aromatic rings. The van der Waals surface area contributed by atoms with Crippen molar-refractivity contribution in [1.82, 2.24) is 4.90 Å². The molecule has 1 aliphatic heterocycles. The minimum Gasteiger partial charge on any atom is -0.378 e. The molecule has 0 unspecified atom stereocenters. The van der Waals surface area contributed by atoms with Crippen LogP contribution in [0.25, 0.3) is 0 Å². The van der Waals surface area contributed by atoms with Gasteiger partial charge in [-0.15, -0.1) is 0 Å². The number of rotatable bonds is 5. The highest BCUT2D eigenvalue weighted by atomic mass is 16.3. The Morgan fingerprint density at radius 3 is 1.54 bits per heavy atom. The molecule has 0 bridgehead atoms. The Morgan fingerprint density at radius 2 is 1.08 bits per heavy atom.